The Bertz CT molecular complexity index is 1290. The molecule has 0 amide bonds. The Balaban J connectivity index is 0.00000114. The Kier molecular flexibility index (Phi) is 4.90. The first-order valence-corrected chi connectivity index (χ1v) is 11.6. The van der Waals surface area contributed by atoms with Crippen molar-refractivity contribution < 1.29 is 0 Å². The Morgan fingerprint density at radius 1 is 0.485 bits per heavy atom. The SMILES string of the molecule is C.C.Cc1ccc2c(c1)C(c1ccc3c(c1)CC3)(c1ccc3c(c1)CC3)c1cc(C)ccc1-2. The summed E-state index contributed by atoms with van der Waals surface area (Å²) in [6.07, 6.45) is 4.88. The molecule has 0 heteroatoms. The van der Waals surface area contributed by atoms with Gasteiger partial charge < -0.3 is 0 Å². The molecule has 0 fully saturated rings. The minimum absolute atomic E-state index is 0. The van der Waals surface area contributed by atoms with Gasteiger partial charge >= 0.3 is 0 Å². The molecule has 0 heterocycles. The first-order valence-electron chi connectivity index (χ1n) is 11.6. The molecule has 0 aliphatic heterocycles. The van der Waals surface area contributed by atoms with Gasteiger partial charge in [-0.05, 0) is 95.2 Å². The molecule has 0 atom stereocenters. The first kappa shape index (κ1) is 21.7. The average molecular weight is 431 g/mol. The monoisotopic (exact) mass is 430 g/mol. The highest BCUT2D eigenvalue weighted by atomic mass is 14.5. The molecule has 33 heavy (non-hydrogen) atoms. The van der Waals surface area contributed by atoms with Gasteiger partial charge in [0.2, 0.25) is 0 Å². The van der Waals surface area contributed by atoms with Crippen LogP contribution in [0.2, 0.25) is 0 Å². The molecule has 0 bridgehead atoms. The van der Waals surface area contributed by atoms with Crippen LogP contribution in [0.5, 0.6) is 0 Å². The molecule has 3 aliphatic rings. The molecule has 4 aromatic carbocycles. The van der Waals surface area contributed by atoms with Crippen molar-refractivity contribution in [2.75, 3.05) is 0 Å². The fourth-order valence-corrected chi connectivity index (χ4v) is 6.20. The Labute approximate surface area is 199 Å². The number of fused-ring (bicyclic) bond motifs is 5. The van der Waals surface area contributed by atoms with Gasteiger partial charge in [-0.2, -0.15) is 0 Å². The quantitative estimate of drug-likeness (QED) is 0.265. The lowest BCUT2D eigenvalue weighted by Crippen LogP contribution is -2.30. The zero-order valence-electron chi connectivity index (χ0n) is 18.3. The highest BCUT2D eigenvalue weighted by Gasteiger charge is 2.47. The van der Waals surface area contributed by atoms with Crippen LogP contribution in [0.3, 0.4) is 0 Å². The number of aryl methyl sites for hydroxylation is 6. The highest BCUT2D eigenvalue weighted by Crippen LogP contribution is 2.57. The van der Waals surface area contributed by atoms with E-state index < -0.39 is 0 Å². The summed E-state index contributed by atoms with van der Waals surface area (Å²) in [6.45, 7) is 4.46. The molecule has 7 rings (SSSR count). The maximum Gasteiger partial charge on any atom is 0.0713 e. The minimum Gasteiger partial charge on any atom is -0.0776 e. The van der Waals surface area contributed by atoms with Crippen LogP contribution in [0.15, 0.2) is 72.8 Å². The molecule has 0 saturated carbocycles. The lowest BCUT2D eigenvalue weighted by atomic mass is 9.65. The molecule has 0 spiro atoms. The van der Waals surface area contributed by atoms with Crippen molar-refractivity contribution in [3.05, 3.63) is 128 Å². The third-order valence-corrected chi connectivity index (χ3v) is 8.05. The normalized spacial score (nSPS) is 15.5. The summed E-state index contributed by atoms with van der Waals surface area (Å²) >= 11 is 0. The molecule has 0 saturated heterocycles. The van der Waals surface area contributed by atoms with Crippen molar-refractivity contribution in [1.82, 2.24) is 0 Å². The van der Waals surface area contributed by atoms with Crippen LogP contribution in [-0.4, -0.2) is 0 Å². The summed E-state index contributed by atoms with van der Waals surface area (Å²) < 4.78 is 0. The van der Waals surface area contributed by atoms with Crippen LogP contribution >= 0.6 is 0 Å². The van der Waals surface area contributed by atoms with Crippen molar-refractivity contribution in [1.29, 1.82) is 0 Å². The third-order valence-electron chi connectivity index (χ3n) is 8.05. The lowest BCUT2D eigenvalue weighted by molar-refractivity contribution is 0.739. The summed E-state index contributed by atoms with van der Waals surface area (Å²) in [6, 6.07) is 28.8. The molecule has 0 radical (unpaired) electrons. The van der Waals surface area contributed by atoms with Crippen LogP contribution in [0.1, 0.15) is 70.5 Å². The summed E-state index contributed by atoms with van der Waals surface area (Å²) in [4.78, 5) is 0. The smallest absolute Gasteiger partial charge is 0.0713 e. The van der Waals surface area contributed by atoms with E-state index in [2.05, 4.69) is 86.6 Å². The fraction of sp³-hybridized carbons (Fsp3) is 0.273. The van der Waals surface area contributed by atoms with Crippen molar-refractivity contribution in [2.24, 2.45) is 0 Å². The second kappa shape index (κ2) is 7.45. The third kappa shape index (κ3) is 2.76. The highest BCUT2D eigenvalue weighted by molar-refractivity contribution is 5.87. The average Bonchev–Trinajstić information content (AvgIpc) is 2.99. The summed E-state index contributed by atoms with van der Waals surface area (Å²) in [5, 5.41) is 0. The van der Waals surface area contributed by atoms with Gasteiger partial charge in [-0.3, -0.25) is 0 Å². The van der Waals surface area contributed by atoms with E-state index in [1.807, 2.05) is 0 Å². The lowest BCUT2D eigenvalue weighted by Gasteiger charge is -2.37. The van der Waals surface area contributed by atoms with Crippen LogP contribution in [0, 0.1) is 13.8 Å². The van der Waals surface area contributed by atoms with Gasteiger partial charge in [0.1, 0.15) is 0 Å². The van der Waals surface area contributed by atoms with Crippen LogP contribution in [0.25, 0.3) is 11.1 Å². The van der Waals surface area contributed by atoms with E-state index in [4.69, 9.17) is 0 Å². The maximum absolute atomic E-state index is 2.52. The molecule has 166 valence electrons. The van der Waals surface area contributed by atoms with E-state index in [0.29, 0.717) is 0 Å². The van der Waals surface area contributed by atoms with Gasteiger partial charge in [-0.15, -0.1) is 0 Å². The summed E-state index contributed by atoms with van der Waals surface area (Å²) in [5.74, 6) is 0. The minimum atomic E-state index is -0.238. The van der Waals surface area contributed by atoms with Gasteiger partial charge in [0, 0.05) is 0 Å². The molecule has 0 nitrogen and oxygen atoms in total. The molecule has 3 aliphatic carbocycles. The molecule has 0 unspecified atom stereocenters. The van der Waals surface area contributed by atoms with Crippen LogP contribution < -0.4 is 0 Å². The number of benzene rings is 4. The summed E-state index contributed by atoms with van der Waals surface area (Å²) in [7, 11) is 0. The first-order chi connectivity index (χ1) is 15.1. The van der Waals surface area contributed by atoms with Crippen molar-refractivity contribution >= 4 is 0 Å². The second-order valence-corrected chi connectivity index (χ2v) is 9.82. The molecule has 0 aromatic heterocycles. The zero-order valence-corrected chi connectivity index (χ0v) is 18.3. The van der Waals surface area contributed by atoms with Crippen molar-refractivity contribution in [3.63, 3.8) is 0 Å². The second-order valence-electron chi connectivity index (χ2n) is 9.82. The van der Waals surface area contributed by atoms with E-state index in [9.17, 15) is 0 Å². The van der Waals surface area contributed by atoms with E-state index in [1.165, 1.54) is 92.4 Å². The largest absolute Gasteiger partial charge is 0.0776 e. The zero-order chi connectivity index (χ0) is 20.7. The number of hydrogen-bond acceptors (Lipinski definition) is 0. The van der Waals surface area contributed by atoms with Gasteiger partial charge in [0.05, 0.1) is 5.41 Å². The predicted molar refractivity (Wildman–Crippen MR) is 141 cm³/mol. The molecular weight excluding hydrogens is 396 g/mol. The number of hydrogen-bond donors (Lipinski definition) is 0. The van der Waals surface area contributed by atoms with E-state index >= 15 is 0 Å². The van der Waals surface area contributed by atoms with E-state index in [-0.39, 0.29) is 20.3 Å². The number of rotatable bonds is 2. The summed E-state index contributed by atoms with van der Waals surface area (Å²) in [5.41, 5.74) is 17.1. The standard InChI is InChI=1S/C31H26.2CH4/c1-19-3-13-27-28-14-4-20(2)16-30(28)31(29(27)15-19,25-11-9-21-5-7-23(21)17-25)26-12-10-22-6-8-24(22)18-26;;/h3-4,9-18H,5-8H2,1-2H3;2*1H4. The van der Waals surface area contributed by atoms with Crippen LogP contribution in [-0.2, 0) is 31.1 Å². The van der Waals surface area contributed by atoms with Gasteiger partial charge in [0.25, 0.3) is 0 Å². The van der Waals surface area contributed by atoms with Crippen LogP contribution in [0.4, 0.5) is 0 Å². The van der Waals surface area contributed by atoms with Crippen molar-refractivity contribution in [3.8, 4) is 11.1 Å². The Morgan fingerprint density at radius 3 is 1.27 bits per heavy atom. The molecule has 0 N–H and O–H groups in total. The van der Waals surface area contributed by atoms with Gasteiger partial charge in [-0.1, -0.05) is 98.8 Å². The molecular formula is C33H34. The fourth-order valence-electron chi connectivity index (χ4n) is 6.20. The van der Waals surface area contributed by atoms with E-state index in [1.54, 1.807) is 0 Å². The maximum atomic E-state index is 2.52. The molecule has 4 aromatic rings. The Morgan fingerprint density at radius 2 is 0.909 bits per heavy atom. The Hall–Kier alpha value is -3.12. The van der Waals surface area contributed by atoms with Gasteiger partial charge in [0.15, 0.2) is 0 Å². The van der Waals surface area contributed by atoms with Crippen molar-refractivity contribution in [2.45, 2.75) is 59.8 Å². The van der Waals surface area contributed by atoms with E-state index in [0.717, 1.165) is 0 Å². The van der Waals surface area contributed by atoms with Gasteiger partial charge in [-0.25, -0.2) is 0 Å². The predicted octanol–water partition coefficient (Wildman–Crippen LogP) is 8.14. The topological polar surface area (TPSA) is 0 Å².